The van der Waals surface area contributed by atoms with Crippen molar-refractivity contribution in [2.75, 3.05) is 19.4 Å². The maximum absolute atomic E-state index is 14.2. The van der Waals surface area contributed by atoms with Gasteiger partial charge in [-0.25, -0.2) is 14.2 Å². The summed E-state index contributed by atoms with van der Waals surface area (Å²) in [6.07, 6.45) is 3.26. The number of carboxylic acid groups (broad SMARTS) is 1. The van der Waals surface area contributed by atoms with Crippen molar-refractivity contribution in [1.29, 1.82) is 0 Å². The first-order valence-electron chi connectivity index (χ1n) is 12.5. The summed E-state index contributed by atoms with van der Waals surface area (Å²) in [5.74, 6) is -0.865. The van der Waals surface area contributed by atoms with E-state index in [2.05, 4.69) is 20.6 Å². The van der Waals surface area contributed by atoms with Crippen LogP contribution in [0.4, 0.5) is 14.9 Å². The molecule has 0 spiro atoms. The van der Waals surface area contributed by atoms with Crippen LogP contribution in [0.15, 0.2) is 47.4 Å². The van der Waals surface area contributed by atoms with Gasteiger partial charge in [-0.3, -0.25) is 14.4 Å². The number of anilines is 1. The minimum absolute atomic E-state index is 0.0185. The number of halogens is 1. The molecule has 1 aromatic carbocycles. The summed E-state index contributed by atoms with van der Waals surface area (Å²) >= 11 is 0. The minimum Gasteiger partial charge on any atom is -0.486 e. The lowest BCUT2D eigenvalue weighted by Gasteiger charge is -2.21. The number of aromatic nitrogens is 3. The Morgan fingerprint density at radius 1 is 1.27 bits per heavy atom. The molecule has 0 aliphatic heterocycles. The number of aromatic amines is 1. The number of ether oxygens (including phenoxy) is 1. The standard InChI is InChI=1S/C27H33FN6O6/c1-27(2,3)40-20-14-16(28)13-19-23(20)32-21(29-19)15-34-12-8-10-18(25(34)37)30-24(36)17(31-26(38)39)9-6-7-11-22(35)33(4)5/h7-8,10-14,17,31H,6,9,15H2,1-5H3,(H,29,32)(H,30,36)(H,38,39). The number of amides is 3. The number of carbonyl (C=O) groups excluding carboxylic acids is 2. The van der Waals surface area contributed by atoms with E-state index in [0.29, 0.717) is 16.9 Å². The van der Waals surface area contributed by atoms with Gasteiger partial charge in [0.1, 0.15) is 34.5 Å². The Morgan fingerprint density at radius 3 is 2.65 bits per heavy atom. The summed E-state index contributed by atoms with van der Waals surface area (Å²) in [7, 11) is 3.18. The van der Waals surface area contributed by atoms with Crippen molar-refractivity contribution in [3.63, 3.8) is 0 Å². The van der Waals surface area contributed by atoms with Crippen molar-refractivity contribution < 1.29 is 28.6 Å². The van der Waals surface area contributed by atoms with E-state index in [1.165, 1.54) is 39.9 Å². The molecule has 3 rings (SSSR count). The molecular formula is C27H33FN6O6. The van der Waals surface area contributed by atoms with Gasteiger partial charge in [0.05, 0.1) is 12.1 Å². The number of hydrogen-bond donors (Lipinski definition) is 4. The lowest BCUT2D eigenvalue weighted by Crippen LogP contribution is -2.44. The molecule has 12 nitrogen and oxygen atoms in total. The number of benzene rings is 1. The third-order valence-electron chi connectivity index (χ3n) is 5.52. The summed E-state index contributed by atoms with van der Waals surface area (Å²) in [5.41, 5.74) is -0.402. The molecule has 2 aromatic heterocycles. The van der Waals surface area contributed by atoms with Crippen molar-refractivity contribution in [3.8, 4) is 5.75 Å². The maximum atomic E-state index is 14.2. The lowest BCUT2D eigenvalue weighted by molar-refractivity contribution is -0.123. The molecule has 0 aliphatic rings. The molecule has 0 bridgehead atoms. The molecule has 3 aromatic rings. The van der Waals surface area contributed by atoms with Crippen LogP contribution in [0.25, 0.3) is 11.0 Å². The van der Waals surface area contributed by atoms with Crippen LogP contribution >= 0.6 is 0 Å². The molecule has 1 unspecified atom stereocenters. The van der Waals surface area contributed by atoms with Gasteiger partial charge in [-0.05, 0) is 57.9 Å². The number of fused-ring (bicyclic) bond motifs is 1. The Bertz CT molecular complexity index is 1490. The average molecular weight is 557 g/mol. The monoisotopic (exact) mass is 556 g/mol. The zero-order valence-electron chi connectivity index (χ0n) is 22.9. The Hall–Kier alpha value is -4.68. The molecule has 40 heavy (non-hydrogen) atoms. The van der Waals surface area contributed by atoms with E-state index in [4.69, 9.17) is 9.84 Å². The van der Waals surface area contributed by atoms with E-state index in [-0.39, 0.29) is 36.7 Å². The largest absolute Gasteiger partial charge is 0.486 e. The third-order valence-corrected chi connectivity index (χ3v) is 5.52. The van der Waals surface area contributed by atoms with E-state index in [9.17, 15) is 23.6 Å². The second kappa shape index (κ2) is 12.5. The highest BCUT2D eigenvalue weighted by Crippen LogP contribution is 2.28. The molecule has 3 amide bonds. The van der Waals surface area contributed by atoms with Crippen molar-refractivity contribution in [1.82, 2.24) is 24.8 Å². The predicted octanol–water partition coefficient (Wildman–Crippen LogP) is 3.09. The molecule has 214 valence electrons. The number of imidazole rings is 1. The summed E-state index contributed by atoms with van der Waals surface area (Å²) < 4.78 is 21.3. The minimum atomic E-state index is -1.41. The first-order valence-corrected chi connectivity index (χ1v) is 12.5. The quantitative estimate of drug-likeness (QED) is 0.279. The normalized spacial score (nSPS) is 12.3. The Labute approximate surface area is 229 Å². The van der Waals surface area contributed by atoms with Crippen LogP contribution < -0.4 is 20.9 Å². The van der Waals surface area contributed by atoms with Crippen LogP contribution in [0.2, 0.25) is 0 Å². The Kier molecular flexibility index (Phi) is 9.30. The zero-order valence-corrected chi connectivity index (χ0v) is 22.9. The second-order valence-electron chi connectivity index (χ2n) is 10.3. The summed E-state index contributed by atoms with van der Waals surface area (Å²) in [6, 6.07) is 4.30. The smallest absolute Gasteiger partial charge is 0.405 e. The predicted molar refractivity (Wildman–Crippen MR) is 147 cm³/mol. The fraction of sp³-hybridized carbons (Fsp3) is 0.370. The van der Waals surface area contributed by atoms with E-state index in [1.54, 1.807) is 26.2 Å². The molecule has 4 N–H and O–H groups in total. The van der Waals surface area contributed by atoms with Gasteiger partial charge in [-0.1, -0.05) is 6.08 Å². The number of pyridine rings is 1. The zero-order chi connectivity index (χ0) is 29.6. The third kappa shape index (κ3) is 8.16. The van der Waals surface area contributed by atoms with Crippen LogP contribution in [0.3, 0.4) is 0 Å². The van der Waals surface area contributed by atoms with Crippen molar-refractivity contribution in [3.05, 3.63) is 64.6 Å². The highest BCUT2D eigenvalue weighted by atomic mass is 19.1. The highest BCUT2D eigenvalue weighted by molar-refractivity contribution is 5.96. The number of carbonyl (C=O) groups is 3. The van der Waals surface area contributed by atoms with Gasteiger partial charge in [0.25, 0.3) is 5.56 Å². The topological polar surface area (TPSA) is 159 Å². The summed E-state index contributed by atoms with van der Waals surface area (Å²) in [4.78, 5) is 57.7. The molecule has 13 heteroatoms. The lowest BCUT2D eigenvalue weighted by atomic mass is 10.1. The fourth-order valence-corrected chi connectivity index (χ4v) is 3.74. The first kappa shape index (κ1) is 29.9. The molecule has 0 fully saturated rings. The van der Waals surface area contributed by atoms with Crippen molar-refractivity contribution in [2.24, 2.45) is 0 Å². The highest BCUT2D eigenvalue weighted by Gasteiger charge is 2.22. The van der Waals surface area contributed by atoms with E-state index < -0.39 is 35.0 Å². The molecular weight excluding hydrogens is 523 g/mol. The molecule has 2 heterocycles. The summed E-state index contributed by atoms with van der Waals surface area (Å²) in [6.45, 7) is 5.47. The molecule has 1 atom stereocenters. The number of likely N-dealkylation sites (N-methyl/N-ethyl adjacent to an activating group) is 1. The van der Waals surface area contributed by atoms with Crippen LogP contribution in [0, 0.1) is 5.82 Å². The number of hydrogen-bond acceptors (Lipinski definition) is 6. The SMILES string of the molecule is CN(C)C(=O)C=CCCC(NC(=O)O)C(=O)Nc1cccn(Cc2nc3c(OC(C)(C)C)cc(F)cc3[nH]2)c1=O. The van der Waals surface area contributed by atoms with Gasteiger partial charge < -0.3 is 34.9 Å². The fourth-order valence-electron chi connectivity index (χ4n) is 3.74. The van der Waals surface area contributed by atoms with Gasteiger partial charge in [0, 0.05) is 26.4 Å². The number of rotatable bonds is 10. The average Bonchev–Trinajstić information content (AvgIpc) is 3.24. The Morgan fingerprint density at radius 2 is 2.00 bits per heavy atom. The number of H-pyrrole nitrogens is 1. The van der Waals surface area contributed by atoms with Crippen molar-refractivity contribution >= 4 is 34.6 Å². The number of nitrogens with one attached hydrogen (secondary N) is 3. The van der Waals surface area contributed by atoms with Gasteiger partial charge >= 0.3 is 6.09 Å². The van der Waals surface area contributed by atoms with Crippen LogP contribution in [-0.4, -0.2) is 68.2 Å². The molecule has 0 saturated heterocycles. The van der Waals surface area contributed by atoms with Gasteiger partial charge in [-0.15, -0.1) is 0 Å². The second-order valence-corrected chi connectivity index (χ2v) is 10.3. The molecule has 0 aliphatic carbocycles. The van der Waals surface area contributed by atoms with Gasteiger partial charge in [0.2, 0.25) is 11.8 Å². The maximum Gasteiger partial charge on any atom is 0.405 e. The van der Waals surface area contributed by atoms with E-state index in [1.807, 2.05) is 20.8 Å². The van der Waals surface area contributed by atoms with E-state index >= 15 is 0 Å². The van der Waals surface area contributed by atoms with Gasteiger partial charge in [-0.2, -0.15) is 0 Å². The summed E-state index contributed by atoms with van der Waals surface area (Å²) in [5, 5.41) is 13.8. The van der Waals surface area contributed by atoms with Crippen LogP contribution in [0.1, 0.15) is 39.4 Å². The molecule has 0 radical (unpaired) electrons. The van der Waals surface area contributed by atoms with Crippen molar-refractivity contribution in [2.45, 2.75) is 51.8 Å². The number of nitrogens with zero attached hydrogens (tertiary/aromatic N) is 3. The molecule has 0 saturated carbocycles. The number of allylic oxidation sites excluding steroid dienone is 1. The van der Waals surface area contributed by atoms with Crippen LogP contribution in [0.5, 0.6) is 5.75 Å². The van der Waals surface area contributed by atoms with Gasteiger partial charge in [0.15, 0.2) is 5.75 Å². The Balaban J connectivity index is 1.78. The van der Waals surface area contributed by atoms with Crippen LogP contribution in [-0.2, 0) is 16.1 Å². The van der Waals surface area contributed by atoms with E-state index in [0.717, 1.165) is 0 Å². The first-order chi connectivity index (χ1) is 18.7.